The lowest BCUT2D eigenvalue weighted by Gasteiger charge is -2.17. The number of carbonyl (C=O) groups excluding carboxylic acids is 1. The van der Waals surface area contributed by atoms with Gasteiger partial charge in [-0.1, -0.05) is 32.0 Å². The van der Waals surface area contributed by atoms with Crippen LogP contribution < -0.4 is 0 Å². The van der Waals surface area contributed by atoms with Crippen LogP contribution >= 0.6 is 0 Å². The van der Waals surface area contributed by atoms with E-state index >= 15 is 0 Å². The fourth-order valence-corrected chi connectivity index (χ4v) is 2.46. The van der Waals surface area contributed by atoms with Gasteiger partial charge in [-0.05, 0) is 12.0 Å². The molecule has 1 aromatic heterocycles. The van der Waals surface area contributed by atoms with Crippen LogP contribution in [-0.4, -0.2) is 28.8 Å². The third-order valence-electron chi connectivity index (χ3n) is 3.35. The van der Waals surface area contributed by atoms with E-state index in [1.165, 1.54) is 0 Å². The maximum absolute atomic E-state index is 12.3. The predicted octanol–water partition coefficient (Wildman–Crippen LogP) is 2.36. The third-order valence-corrected chi connectivity index (χ3v) is 3.35. The Bertz CT molecular complexity index is 587. The highest BCUT2D eigenvalue weighted by Crippen LogP contribution is 2.19. The van der Waals surface area contributed by atoms with Gasteiger partial charge in [-0.25, -0.2) is 0 Å². The highest BCUT2D eigenvalue weighted by Gasteiger charge is 2.23. The van der Waals surface area contributed by atoms with E-state index in [-0.39, 0.29) is 17.8 Å². The predicted molar refractivity (Wildman–Crippen MR) is 75.1 cm³/mol. The molecule has 19 heavy (non-hydrogen) atoms. The molecule has 4 heteroatoms. The second kappa shape index (κ2) is 5.53. The van der Waals surface area contributed by atoms with Crippen LogP contribution in [0.1, 0.15) is 19.5 Å². The Kier molecular flexibility index (Phi) is 4.00. The van der Waals surface area contributed by atoms with Gasteiger partial charge in [0, 0.05) is 19.5 Å². The monoisotopic (exact) mass is 260 g/mol. The Labute approximate surface area is 113 Å². The summed E-state index contributed by atoms with van der Waals surface area (Å²) in [6.07, 6.45) is -0.0429. The second-order valence-electron chi connectivity index (χ2n) is 5.13. The van der Waals surface area contributed by atoms with Crippen molar-refractivity contribution >= 4 is 16.7 Å². The molecule has 1 unspecified atom stereocenters. The minimum Gasteiger partial charge on any atom is -0.373 e. The number of rotatable bonds is 5. The first kappa shape index (κ1) is 13.7. The zero-order valence-electron chi connectivity index (χ0n) is 11.9. The van der Waals surface area contributed by atoms with Crippen molar-refractivity contribution in [3.63, 3.8) is 0 Å². The maximum atomic E-state index is 12.3. The van der Waals surface area contributed by atoms with Crippen LogP contribution in [0.5, 0.6) is 0 Å². The first-order chi connectivity index (χ1) is 9.04. The van der Waals surface area contributed by atoms with Gasteiger partial charge >= 0.3 is 0 Å². The zero-order chi connectivity index (χ0) is 14.0. The molecule has 1 heterocycles. The van der Waals surface area contributed by atoms with Gasteiger partial charge in [0.2, 0.25) is 0 Å². The number of aryl methyl sites for hydroxylation is 1. The van der Waals surface area contributed by atoms with Gasteiger partial charge in [0.25, 0.3) is 0 Å². The lowest BCUT2D eigenvalue weighted by molar-refractivity contribution is -0.130. The van der Waals surface area contributed by atoms with Crippen molar-refractivity contribution < 1.29 is 9.53 Å². The Morgan fingerprint density at radius 2 is 2.05 bits per heavy atom. The molecule has 102 valence electrons. The summed E-state index contributed by atoms with van der Waals surface area (Å²) >= 11 is 0. The Morgan fingerprint density at radius 3 is 2.68 bits per heavy atom. The molecule has 0 spiro atoms. The fraction of sp³-hybridized carbons (Fsp3) is 0.467. The quantitative estimate of drug-likeness (QED) is 0.829. The van der Waals surface area contributed by atoms with Crippen LogP contribution in [0.3, 0.4) is 0 Å². The number of ether oxygens (including phenoxy) is 1. The van der Waals surface area contributed by atoms with Gasteiger partial charge in [-0.15, -0.1) is 0 Å². The number of nitrogens with zero attached hydrogens (tertiary/aromatic N) is 2. The number of methoxy groups -OCH3 is 1. The Balaban J connectivity index is 2.29. The van der Waals surface area contributed by atoms with E-state index in [9.17, 15) is 4.79 Å². The molecule has 0 amide bonds. The Morgan fingerprint density at radius 1 is 1.37 bits per heavy atom. The summed E-state index contributed by atoms with van der Waals surface area (Å²) in [7, 11) is 3.48. The number of hydrogen-bond donors (Lipinski definition) is 0. The third kappa shape index (κ3) is 2.68. The van der Waals surface area contributed by atoms with E-state index in [1.54, 1.807) is 7.11 Å². The van der Waals surface area contributed by atoms with Crippen molar-refractivity contribution in [1.82, 2.24) is 9.78 Å². The summed E-state index contributed by atoms with van der Waals surface area (Å²) in [5, 5.41) is 5.48. The molecule has 0 N–H and O–H groups in total. The van der Waals surface area contributed by atoms with Gasteiger partial charge in [0.05, 0.1) is 17.6 Å². The molecule has 0 fully saturated rings. The summed E-state index contributed by atoms with van der Waals surface area (Å²) in [5.74, 6) is 0.258. The summed E-state index contributed by atoms with van der Waals surface area (Å²) in [6, 6.07) is 7.95. The van der Waals surface area contributed by atoms with Crippen LogP contribution in [-0.2, 0) is 23.0 Å². The van der Waals surface area contributed by atoms with E-state index in [1.807, 2.05) is 49.8 Å². The zero-order valence-corrected chi connectivity index (χ0v) is 11.9. The van der Waals surface area contributed by atoms with E-state index in [2.05, 4.69) is 5.10 Å². The summed E-state index contributed by atoms with van der Waals surface area (Å²) in [4.78, 5) is 12.3. The molecular weight excluding hydrogens is 240 g/mol. The van der Waals surface area contributed by atoms with Crippen LogP contribution in [0.4, 0.5) is 0 Å². The summed E-state index contributed by atoms with van der Waals surface area (Å²) in [5.41, 5.74) is 1.87. The summed E-state index contributed by atoms with van der Waals surface area (Å²) < 4.78 is 7.10. The number of aromatic nitrogens is 2. The van der Waals surface area contributed by atoms with Crippen molar-refractivity contribution in [1.29, 1.82) is 0 Å². The normalized spacial score (nSPS) is 13.1. The molecule has 1 aromatic carbocycles. The van der Waals surface area contributed by atoms with Crippen LogP contribution in [0, 0.1) is 5.92 Å². The summed E-state index contributed by atoms with van der Waals surface area (Å²) in [6.45, 7) is 3.98. The molecule has 0 aliphatic heterocycles. The first-order valence-electron chi connectivity index (χ1n) is 6.50. The van der Waals surface area contributed by atoms with Crippen LogP contribution in [0.25, 0.3) is 10.9 Å². The lowest BCUT2D eigenvalue weighted by Crippen LogP contribution is -2.30. The van der Waals surface area contributed by atoms with E-state index in [0.717, 1.165) is 16.6 Å². The molecule has 1 atom stereocenters. The van der Waals surface area contributed by atoms with Crippen molar-refractivity contribution in [3.05, 3.63) is 30.0 Å². The number of ketones is 1. The SMILES string of the molecule is COC(C(=O)Cc1nn(C)c2ccccc12)C(C)C. The number of fused-ring (bicyclic) bond motifs is 1. The topological polar surface area (TPSA) is 44.1 Å². The molecule has 0 aliphatic rings. The number of Topliss-reactive ketones (excluding diaryl/α,β-unsaturated/α-hetero) is 1. The molecular formula is C15H20N2O2. The van der Waals surface area contributed by atoms with Crippen molar-refractivity contribution in [2.75, 3.05) is 7.11 Å². The van der Waals surface area contributed by atoms with Gasteiger partial charge < -0.3 is 4.74 Å². The number of benzene rings is 1. The molecule has 0 saturated heterocycles. The molecule has 4 nitrogen and oxygen atoms in total. The highest BCUT2D eigenvalue weighted by molar-refractivity contribution is 5.90. The van der Waals surface area contributed by atoms with Gasteiger partial charge in [-0.2, -0.15) is 5.10 Å². The molecule has 0 radical (unpaired) electrons. The molecule has 0 saturated carbocycles. The standard InChI is InChI=1S/C15H20N2O2/c1-10(2)15(19-4)14(18)9-12-11-7-5-6-8-13(11)17(3)16-12/h5-8,10,15H,9H2,1-4H3. The van der Waals surface area contributed by atoms with Gasteiger partial charge in [-0.3, -0.25) is 9.48 Å². The molecule has 0 bridgehead atoms. The van der Waals surface area contributed by atoms with Crippen molar-refractivity contribution in [2.45, 2.75) is 26.4 Å². The highest BCUT2D eigenvalue weighted by atomic mass is 16.5. The van der Waals surface area contributed by atoms with Crippen LogP contribution in [0.2, 0.25) is 0 Å². The fourth-order valence-electron chi connectivity index (χ4n) is 2.46. The first-order valence-corrected chi connectivity index (χ1v) is 6.50. The number of hydrogen-bond acceptors (Lipinski definition) is 3. The average molecular weight is 260 g/mol. The largest absolute Gasteiger partial charge is 0.373 e. The molecule has 2 aromatic rings. The lowest BCUT2D eigenvalue weighted by atomic mass is 9.99. The van der Waals surface area contributed by atoms with Crippen molar-refractivity contribution in [3.8, 4) is 0 Å². The second-order valence-corrected chi connectivity index (χ2v) is 5.13. The molecule has 2 rings (SSSR count). The van der Waals surface area contributed by atoms with Crippen LogP contribution in [0.15, 0.2) is 24.3 Å². The smallest absolute Gasteiger partial charge is 0.167 e. The van der Waals surface area contributed by atoms with E-state index in [4.69, 9.17) is 4.74 Å². The van der Waals surface area contributed by atoms with Crippen molar-refractivity contribution in [2.24, 2.45) is 13.0 Å². The Hall–Kier alpha value is -1.68. The van der Waals surface area contributed by atoms with Gasteiger partial charge in [0.1, 0.15) is 6.10 Å². The molecule has 0 aliphatic carbocycles. The minimum absolute atomic E-state index is 0.0846. The average Bonchev–Trinajstić information content (AvgIpc) is 2.67. The van der Waals surface area contributed by atoms with Gasteiger partial charge in [0.15, 0.2) is 5.78 Å². The maximum Gasteiger partial charge on any atom is 0.167 e. The van der Waals surface area contributed by atoms with E-state index in [0.29, 0.717) is 6.42 Å². The van der Waals surface area contributed by atoms with E-state index < -0.39 is 0 Å². The minimum atomic E-state index is -0.360. The number of carbonyl (C=O) groups is 1. The number of para-hydroxylation sites is 1.